The molecule has 4 aromatic carbocycles. The molecule has 2 heterocycles. The van der Waals surface area contributed by atoms with Crippen molar-refractivity contribution in [3.8, 4) is 28.5 Å². The van der Waals surface area contributed by atoms with Crippen molar-refractivity contribution in [2.45, 2.75) is 13.8 Å². The number of hydrogen-bond donors (Lipinski definition) is 0. The highest BCUT2D eigenvalue weighted by Gasteiger charge is 2.23. The minimum atomic E-state index is 0.613. The molecule has 0 N–H and O–H groups in total. The van der Waals surface area contributed by atoms with Crippen molar-refractivity contribution >= 4 is 32.7 Å². The molecule has 162 valence electrons. The van der Waals surface area contributed by atoms with E-state index in [0.29, 0.717) is 5.56 Å². The van der Waals surface area contributed by atoms with Crippen molar-refractivity contribution in [3.63, 3.8) is 0 Å². The molecule has 6 rings (SSSR count). The van der Waals surface area contributed by atoms with E-state index in [0.717, 1.165) is 60.7 Å². The summed E-state index contributed by atoms with van der Waals surface area (Å²) in [4.78, 5) is 0. The van der Waals surface area contributed by atoms with E-state index < -0.39 is 0 Å². The van der Waals surface area contributed by atoms with Crippen LogP contribution < -0.4 is 4.57 Å². The lowest BCUT2D eigenvalue weighted by Gasteiger charge is -2.09. The summed E-state index contributed by atoms with van der Waals surface area (Å²) in [5, 5.41) is 14.4. The molecule has 0 radical (unpaired) electrons. The highest BCUT2D eigenvalue weighted by atomic mass is 16.3. The Hall–Kier alpha value is -4.42. The van der Waals surface area contributed by atoms with Gasteiger partial charge in [-0.25, -0.2) is 4.57 Å². The van der Waals surface area contributed by atoms with Crippen molar-refractivity contribution in [1.29, 1.82) is 5.26 Å². The summed E-state index contributed by atoms with van der Waals surface area (Å²) in [5.41, 5.74) is 8.62. The lowest BCUT2D eigenvalue weighted by Crippen LogP contribution is -2.31. The van der Waals surface area contributed by atoms with E-state index in [-0.39, 0.29) is 0 Å². The smallest absolute Gasteiger partial charge is 0.216 e. The zero-order valence-electron chi connectivity index (χ0n) is 19.4. The molecule has 0 saturated heterocycles. The van der Waals surface area contributed by atoms with Gasteiger partial charge in [0.25, 0.3) is 0 Å². The second-order valence-corrected chi connectivity index (χ2v) is 8.94. The van der Waals surface area contributed by atoms with Crippen LogP contribution in [0, 0.1) is 25.2 Å². The van der Waals surface area contributed by atoms with Gasteiger partial charge in [0.15, 0.2) is 6.20 Å². The Balaban J connectivity index is 1.76. The number of rotatable bonds is 2. The average molecular weight is 440 g/mol. The second kappa shape index (κ2) is 7.57. The van der Waals surface area contributed by atoms with Crippen LogP contribution in [0.25, 0.3) is 55.1 Å². The monoisotopic (exact) mass is 439 g/mol. The van der Waals surface area contributed by atoms with Crippen LogP contribution in [0.1, 0.15) is 16.7 Å². The average Bonchev–Trinajstić information content (AvgIpc) is 3.22. The van der Waals surface area contributed by atoms with Gasteiger partial charge in [0, 0.05) is 28.0 Å². The van der Waals surface area contributed by atoms with Crippen LogP contribution in [-0.2, 0) is 7.05 Å². The first-order valence-corrected chi connectivity index (χ1v) is 11.4. The summed E-state index contributed by atoms with van der Waals surface area (Å²) in [6.07, 6.45) is 2.13. The third-order valence-electron chi connectivity index (χ3n) is 6.73. The van der Waals surface area contributed by atoms with Gasteiger partial charge >= 0.3 is 0 Å². The van der Waals surface area contributed by atoms with Gasteiger partial charge in [0.1, 0.15) is 18.2 Å². The Kier molecular flexibility index (Phi) is 4.50. The number of nitriles is 1. The third kappa shape index (κ3) is 2.93. The van der Waals surface area contributed by atoms with Gasteiger partial charge in [-0.3, -0.25) is 0 Å². The Bertz CT molecular complexity index is 1800. The van der Waals surface area contributed by atoms with Gasteiger partial charge in [0.2, 0.25) is 5.69 Å². The largest absolute Gasteiger partial charge is 0.454 e. The molecule has 3 heteroatoms. The molecule has 0 unspecified atom stereocenters. The van der Waals surface area contributed by atoms with Gasteiger partial charge in [-0.1, -0.05) is 54.6 Å². The quantitative estimate of drug-likeness (QED) is 0.264. The molecule has 0 aliphatic rings. The van der Waals surface area contributed by atoms with Gasteiger partial charge in [0.05, 0.1) is 17.2 Å². The molecular formula is C31H23N2O+. The van der Waals surface area contributed by atoms with E-state index in [1.165, 1.54) is 5.56 Å². The number of furan rings is 1. The molecule has 2 aromatic heterocycles. The summed E-state index contributed by atoms with van der Waals surface area (Å²) in [6.45, 7) is 4.21. The Morgan fingerprint density at radius 2 is 1.47 bits per heavy atom. The predicted octanol–water partition coefficient (Wildman–Crippen LogP) is 7.39. The minimum absolute atomic E-state index is 0.613. The molecule has 34 heavy (non-hydrogen) atoms. The van der Waals surface area contributed by atoms with E-state index in [2.05, 4.69) is 86.3 Å². The maximum absolute atomic E-state index is 10.0. The Labute approximate surface area is 198 Å². The molecule has 0 spiro atoms. The zero-order valence-corrected chi connectivity index (χ0v) is 19.4. The van der Waals surface area contributed by atoms with Crippen LogP contribution >= 0.6 is 0 Å². The normalized spacial score (nSPS) is 11.4. The minimum Gasteiger partial charge on any atom is -0.454 e. The molecule has 0 aliphatic heterocycles. The molecular weight excluding hydrogens is 416 g/mol. The predicted molar refractivity (Wildman–Crippen MR) is 137 cm³/mol. The van der Waals surface area contributed by atoms with Crippen LogP contribution in [0.15, 0.2) is 89.5 Å². The second-order valence-electron chi connectivity index (χ2n) is 8.94. The number of hydrogen-bond acceptors (Lipinski definition) is 2. The van der Waals surface area contributed by atoms with Crippen LogP contribution in [0.5, 0.6) is 0 Å². The fourth-order valence-corrected chi connectivity index (χ4v) is 5.13. The summed E-state index contributed by atoms with van der Waals surface area (Å²) in [5.74, 6) is 0. The standard InChI is InChI=1S/C31H23N2O/c1-19-11-16-27(33(3)18-19)28-20(2)12-14-25-26-15-13-22(17-32)29(31(26)34-30(25)28)24-10-6-8-21-7-4-5-9-23(21)24/h4-16,18H,1-3H3/q+1. The fraction of sp³-hybridized carbons (Fsp3) is 0.0968. The molecule has 0 amide bonds. The maximum atomic E-state index is 10.0. The first-order valence-electron chi connectivity index (χ1n) is 11.4. The van der Waals surface area contributed by atoms with Crippen molar-refractivity contribution in [3.05, 3.63) is 102 Å². The topological polar surface area (TPSA) is 40.8 Å². The third-order valence-corrected chi connectivity index (χ3v) is 6.73. The van der Waals surface area contributed by atoms with Crippen LogP contribution in [0.2, 0.25) is 0 Å². The lowest BCUT2D eigenvalue weighted by molar-refractivity contribution is -0.660. The number of aromatic nitrogens is 1. The van der Waals surface area contributed by atoms with E-state index in [1.807, 2.05) is 30.3 Å². The molecule has 0 fully saturated rings. The molecule has 0 saturated carbocycles. The summed E-state index contributed by atoms with van der Waals surface area (Å²) in [7, 11) is 2.07. The summed E-state index contributed by atoms with van der Waals surface area (Å²) in [6, 6.07) is 29.4. The van der Waals surface area contributed by atoms with Gasteiger partial charge in [-0.15, -0.1) is 0 Å². The summed E-state index contributed by atoms with van der Waals surface area (Å²) >= 11 is 0. The van der Waals surface area contributed by atoms with Crippen LogP contribution in [0.4, 0.5) is 0 Å². The molecule has 0 atom stereocenters. The Morgan fingerprint density at radius 1 is 0.735 bits per heavy atom. The van der Waals surface area contributed by atoms with Crippen molar-refractivity contribution in [2.75, 3.05) is 0 Å². The van der Waals surface area contributed by atoms with E-state index in [9.17, 15) is 5.26 Å². The SMILES string of the molecule is Cc1ccc(-c2c(C)ccc3c2oc2c(-c4cccc5ccccc45)c(C#N)ccc23)[n+](C)c1. The lowest BCUT2D eigenvalue weighted by atomic mass is 9.93. The van der Waals surface area contributed by atoms with Crippen molar-refractivity contribution in [2.24, 2.45) is 7.05 Å². The molecule has 0 aliphatic carbocycles. The maximum Gasteiger partial charge on any atom is 0.216 e. The van der Waals surface area contributed by atoms with E-state index >= 15 is 0 Å². The first-order chi connectivity index (χ1) is 16.6. The van der Waals surface area contributed by atoms with Crippen LogP contribution in [-0.4, -0.2) is 0 Å². The first kappa shape index (κ1) is 20.2. The number of benzene rings is 4. The zero-order chi connectivity index (χ0) is 23.4. The number of aryl methyl sites for hydroxylation is 3. The fourth-order valence-electron chi connectivity index (χ4n) is 5.13. The van der Waals surface area contributed by atoms with Gasteiger partial charge in [-0.05, 0) is 53.9 Å². The highest BCUT2D eigenvalue weighted by molar-refractivity contribution is 6.15. The highest BCUT2D eigenvalue weighted by Crippen LogP contribution is 2.43. The molecule has 6 aromatic rings. The van der Waals surface area contributed by atoms with Crippen LogP contribution in [0.3, 0.4) is 0 Å². The Morgan fingerprint density at radius 3 is 2.26 bits per heavy atom. The molecule has 0 bridgehead atoms. The number of nitrogens with zero attached hydrogens (tertiary/aromatic N) is 2. The van der Waals surface area contributed by atoms with Crippen molar-refractivity contribution in [1.82, 2.24) is 0 Å². The van der Waals surface area contributed by atoms with Crippen molar-refractivity contribution < 1.29 is 8.98 Å². The van der Waals surface area contributed by atoms with E-state index in [1.54, 1.807) is 0 Å². The molecule has 3 nitrogen and oxygen atoms in total. The number of pyridine rings is 1. The van der Waals surface area contributed by atoms with E-state index in [4.69, 9.17) is 4.42 Å². The number of fused-ring (bicyclic) bond motifs is 4. The van der Waals surface area contributed by atoms with Gasteiger partial charge < -0.3 is 4.42 Å². The van der Waals surface area contributed by atoms with Gasteiger partial charge in [-0.2, -0.15) is 5.26 Å². The summed E-state index contributed by atoms with van der Waals surface area (Å²) < 4.78 is 8.87.